The number of benzene rings is 2. The van der Waals surface area contributed by atoms with E-state index in [9.17, 15) is 14.7 Å². The van der Waals surface area contributed by atoms with Gasteiger partial charge in [0.15, 0.2) is 0 Å². The van der Waals surface area contributed by atoms with Gasteiger partial charge < -0.3 is 15.5 Å². The van der Waals surface area contributed by atoms with Crippen LogP contribution in [0.5, 0.6) is 5.75 Å². The second-order valence-corrected chi connectivity index (χ2v) is 4.27. The quantitative estimate of drug-likeness (QED) is 0.751. The fraction of sp³-hybridized carbons (Fsp3) is 0. The van der Waals surface area contributed by atoms with E-state index < -0.39 is 11.9 Å². The van der Waals surface area contributed by atoms with Crippen molar-refractivity contribution in [3.8, 4) is 5.75 Å². The molecule has 3 N–H and O–H groups in total. The predicted octanol–water partition coefficient (Wildman–Crippen LogP) is 2.25. The summed E-state index contributed by atoms with van der Waals surface area (Å²) in [5, 5.41) is 20.7. The van der Waals surface area contributed by atoms with E-state index in [2.05, 4.69) is 5.32 Å². The molecule has 0 saturated heterocycles. The van der Waals surface area contributed by atoms with E-state index in [4.69, 9.17) is 5.11 Å². The summed E-state index contributed by atoms with van der Waals surface area (Å²) in [5.74, 6) is -1.66. The first-order chi connectivity index (χ1) is 10.1. The Morgan fingerprint density at radius 1 is 0.952 bits per heavy atom. The fourth-order valence-corrected chi connectivity index (χ4v) is 1.67. The van der Waals surface area contributed by atoms with Gasteiger partial charge in [-0.1, -0.05) is 30.3 Å². The summed E-state index contributed by atoms with van der Waals surface area (Å²) in [4.78, 5) is 23.2. The normalized spacial score (nSPS) is 11.0. The Morgan fingerprint density at radius 2 is 1.57 bits per heavy atom. The third-order valence-corrected chi connectivity index (χ3v) is 2.72. The molecule has 0 heterocycles. The van der Waals surface area contributed by atoms with Crippen molar-refractivity contribution in [2.75, 3.05) is 0 Å². The minimum absolute atomic E-state index is 0.0809. The summed E-state index contributed by atoms with van der Waals surface area (Å²) in [6.45, 7) is 0. The highest BCUT2D eigenvalue weighted by molar-refractivity contribution is 6.02. The largest absolute Gasteiger partial charge is 0.508 e. The fourth-order valence-electron chi connectivity index (χ4n) is 1.67. The van der Waals surface area contributed by atoms with Gasteiger partial charge in [0, 0.05) is 5.56 Å². The van der Waals surface area contributed by atoms with Gasteiger partial charge in [0.05, 0.1) is 0 Å². The number of carboxylic acids is 1. The Bertz CT molecular complexity index is 675. The molecule has 0 aliphatic carbocycles. The molecule has 0 aliphatic rings. The number of phenolic OH excluding ortho intramolecular Hbond substituents is 1. The maximum absolute atomic E-state index is 11.9. The van der Waals surface area contributed by atoms with Gasteiger partial charge in [0.1, 0.15) is 11.4 Å². The molecule has 0 radical (unpaired) electrons. The van der Waals surface area contributed by atoms with E-state index >= 15 is 0 Å². The smallest absolute Gasteiger partial charge is 0.352 e. The Morgan fingerprint density at radius 3 is 2.14 bits per heavy atom. The van der Waals surface area contributed by atoms with Crippen LogP contribution in [0.4, 0.5) is 0 Å². The molecule has 2 aromatic rings. The lowest BCUT2D eigenvalue weighted by molar-refractivity contribution is -0.132. The number of aliphatic carboxylic acids is 1. The van der Waals surface area contributed by atoms with Crippen LogP contribution < -0.4 is 5.32 Å². The average molecular weight is 283 g/mol. The third-order valence-electron chi connectivity index (χ3n) is 2.72. The number of carbonyl (C=O) groups excluding carboxylic acids is 1. The van der Waals surface area contributed by atoms with Crippen LogP contribution in [-0.2, 0) is 4.79 Å². The first kappa shape index (κ1) is 14.3. The van der Waals surface area contributed by atoms with Crippen LogP contribution in [0.25, 0.3) is 6.08 Å². The standard InChI is InChI=1S/C16H13NO4/c18-13-8-6-11(7-9-13)10-14(16(20)21)17-15(19)12-4-2-1-3-5-12/h1-10,18H,(H,17,19)(H,20,21)/b14-10-. The highest BCUT2D eigenvalue weighted by Gasteiger charge is 2.12. The molecule has 106 valence electrons. The molecule has 0 aromatic heterocycles. The highest BCUT2D eigenvalue weighted by Crippen LogP contribution is 2.12. The maximum Gasteiger partial charge on any atom is 0.352 e. The molecule has 0 atom stereocenters. The van der Waals surface area contributed by atoms with Crippen LogP contribution in [0.3, 0.4) is 0 Å². The number of amides is 1. The van der Waals surface area contributed by atoms with E-state index in [1.807, 2.05) is 0 Å². The van der Waals surface area contributed by atoms with Crippen molar-refractivity contribution >= 4 is 18.0 Å². The zero-order valence-electron chi connectivity index (χ0n) is 11.0. The Labute approximate surface area is 121 Å². The molecule has 0 saturated carbocycles. The molecular formula is C16H13NO4. The van der Waals surface area contributed by atoms with Gasteiger partial charge in [0.25, 0.3) is 5.91 Å². The van der Waals surface area contributed by atoms with Crippen molar-refractivity contribution in [1.29, 1.82) is 0 Å². The van der Waals surface area contributed by atoms with E-state index in [1.165, 1.54) is 18.2 Å². The second-order valence-electron chi connectivity index (χ2n) is 4.27. The molecule has 1 amide bonds. The van der Waals surface area contributed by atoms with Crippen LogP contribution in [-0.4, -0.2) is 22.1 Å². The average Bonchev–Trinajstić information content (AvgIpc) is 2.49. The summed E-state index contributed by atoms with van der Waals surface area (Å²) < 4.78 is 0. The van der Waals surface area contributed by atoms with Gasteiger partial charge in [-0.25, -0.2) is 4.79 Å². The number of rotatable bonds is 4. The molecule has 0 unspecified atom stereocenters. The van der Waals surface area contributed by atoms with Crippen LogP contribution in [0.2, 0.25) is 0 Å². The summed E-state index contributed by atoms with van der Waals surface area (Å²) in [7, 11) is 0. The lowest BCUT2D eigenvalue weighted by Gasteiger charge is -2.06. The Kier molecular flexibility index (Phi) is 4.36. The molecule has 5 heteroatoms. The summed E-state index contributed by atoms with van der Waals surface area (Å²) >= 11 is 0. The number of hydrogen-bond acceptors (Lipinski definition) is 3. The van der Waals surface area contributed by atoms with Crippen LogP contribution >= 0.6 is 0 Å². The van der Waals surface area contributed by atoms with Crippen molar-refractivity contribution in [2.45, 2.75) is 0 Å². The number of carboxylic acid groups (broad SMARTS) is 1. The Balaban J connectivity index is 2.22. The van der Waals surface area contributed by atoms with Crippen molar-refractivity contribution in [3.63, 3.8) is 0 Å². The lowest BCUT2D eigenvalue weighted by atomic mass is 10.1. The van der Waals surface area contributed by atoms with Crippen LogP contribution in [0, 0.1) is 0 Å². The zero-order valence-corrected chi connectivity index (χ0v) is 11.0. The van der Waals surface area contributed by atoms with Crippen LogP contribution in [0.15, 0.2) is 60.3 Å². The molecule has 0 aliphatic heterocycles. The van der Waals surface area contributed by atoms with Gasteiger partial charge in [-0.05, 0) is 35.9 Å². The van der Waals surface area contributed by atoms with Crippen LogP contribution in [0.1, 0.15) is 15.9 Å². The van der Waals surface area contributed by atoms with Gasteiger partial charge in [0.2, 0.25) is 0 Å². The van der Waals surface area contributed by atoms with E-state index in [1.54, 1.807) is 42.5 Å². The number of phenols is 1. The van der Waals surface area contributed by atoms with E-state index in [0.717, 1.165) is 0 Å². The third kappa shape index (κ3) is 3.94. The number of nitrogens with one attached hydrogen (secondary N) is 1. The molecule has 5 nitrogen and oxygen atoms in total. The van der Waals surface area contributed by atoms with Crippen molar-refractivity contribution in [3.05, 3.63) is 71.4 Å². The molecule has 0 spiro atoms. The second kappa shape index (κ2) is 6.38. The van der Waals surface area contributed by atoms with Gasteiger partial charge in [-0.15, -0.1) is 0 Å². The first-order valence-electron chi connectivity index (χ1n) is 6.16. The lowest BCUT2D eigenvalue weighted by Crippen LogP contribution is -2.27. The zero-order chi connectivity index (χ0) is 15.2. The summed E-state index contributed by atoms with van der Waals surface area (Å²) in [5.41, 5.74) is 0.684. The SMILES string of the molecule is O=C(O)/C(=C/c1ccc(O)cc1)NC(=O)c1ccccc1. The van der Waals surface area contributed by atoms with Crippen molar-refractivity contribution in [1.82, 2.24) is 5.32 Å². The van der Waals surface area contributed by atoms with Crippen molar-refractivity contribution in [2.24, 2.45) is 0 Å². The number of hydrogen-bond donors (Lipinski definition) is 3. The van der Waals surface area contributed by atoms with Crippen molar-refractivity contribution < 1.29 is 19.8 Å². The van der Waals surface area contributed by atoms with E-state index in [-0.39, 0.29) is 11.4 Å². The topological polar surface area (TPSA) is 86.6 Å². The summed E-state index contributed by atoms with van der Waals surface area (Å²) in [6, 6.07) is 14.3. The number of carbonyl (C=O) groups is 2. The Hall–Kier alpha value is -3.08. The minimum Gasteiger partial charge on any atom is -0.508 e. The molecule has 21 heavy (non-hydrogen) atoms. The molecule has 2 rings (SSSR count). The van der Waals surface area contributed by atoms with Gasteiger partial charge >= 0.3 is 5.97 Å². The van der Waals surface area contributed by atoms with E-state index in [0.29, 0.717) is 11.1 Å². The predicted molar refractivity (Wildman–Crippen MR) is 77.6 cm³/mol. The molecule has 0 fully saturated rings. The first-order valence-corrected chi connectivity index (χ1v) is 6.16. The summed E-state index contributed by atoms with van der Waals surface area (Å²) in [6.07, 6.45) is 1.32. The van der Waals surface area contributed by atoms with Gasteiger partial charge in [-0.3, -0.25) is 4.79 Å². The monoisotopic (exact) mass is 283 g/mol. The molecule has 0 bridgehead atoms. The maximum atomic E-state index is 11.9. The molecular weight excluding hydrogens is 270 g/mol. The molecule has 2 aromatic carbocycles. The minimum atomic E-state index is -1.24. The van der Waals surface area contributed by atoms with Gasteiger partial charge in [-0.2, -0.15) is 0 Å². The highest BCUT2D eigenvalue weighted by atomic mass is 16.4. The number of aromatic hydroxyl groups is 1.